The molecular formula is C34H45BrN4O6Si. The summed E-state index contributed by atoms with van der Waals surface area (Å²) in [5.74, 6) is 1.64. The van der Waals surface area contributed by atoms with Crippen LogP contribution >= 0.6 is 15.9 Å². The Morgan fingerprint density at radius 3 is 2.30 bits per heavy atom. The van der Waals surface area contributed by atoms with Crippen LogP contribution < -0.4 is 28.9 Å². The van der Waals surface area contributed by atoms with Crippen molar-refractivity contribution in [2.75, 3.05) is 44.6 Å². The Bertz CT molecular complexity index is 1820. The lowest BCUT2D eigenvalue weighted by atomic mass is 9.95. The highest BCUT2D eigenvalue weighted by Crippen LogP contribution is 2.50. The van der Waals surface area contributed by atoms with Gasteiger partial charge in [0.15, 0.2) is 11.5 Å². The van der Waals surface area contributed by atoms with E-state index in [0.29, 0.717) is 58.2 Å². The summed E-state index contributed by atoms with van der Waals surface area (Å²) in [5.41, 5.74) is 4.86. The van der Waals surface area contributed by atoms with Gasteiger partial charge in [-0.15, -0.1) is 0 Å². The van der Waals surface area contributed by atoms with E-state index in [1.54, 1.807) is 32.3 Å². The van der Waals surface area contributed by atoms with Crippen molar-refractivity contribution >= 4 is 63.6 Å². The van der Waals surface area contributed by atoms with Crippen LogP contribution in [0.1, 0.15) is 72.1 Å². The molecule has 10 nitrogen and oxygen atoms in total. The summed E-state index contributed by atoms with van der Waals surface area (Å²) < 4.78 is 23.7. The van der Waals surface area contributed by atoms with Gasteiger partial charge in [-0.3, -0.25) is 9.59 Å². The Morgan fingerprint density at radius 1 is 1.02 bits per heavy atom. The molecule has 3 N–H and O–H groups in total. The third kappa shape index (κ3) is 5.53. The largest absolute Gasteiger partial charge is 0.542 e. The molecule has 248 valence electrons. The van der Waals surface area contributed by atoms with Gasteiger partial charge >= 0.3 is 0 Å². The quantitative estimate of drug-likeness (QED) is 0.115. The molecule has 0 aliphatic carbocycles. The molecule has 0 spiro atoms. The van der Waals surface area contributed by atoms with Crippen molar-refractivity contribution in [3.8, 4) is 23.0 Å². The molecule has 4 aromatic rings. The topological polar surface area (TPSA) is 118 Å². The van der Waals surface area contributed by atoms with Gasteiger partial charge in [0, 0.05) is 46.9 Å². The number of methoxy groups -OCH3 is 3. The van der Waals surface area contributed by atoms with E-state index in [1.807, 2.05) is 26.0 Å². The number of hydrogen-bond donors (Lipinski definition) is 3. The monoisotopic (exact) mass is 712 g/mol. The first-order valence-corrected chi connectivity index (χ1v) is 19.6. The number of fused-ring (bicyclic) bond motifs is 4. The molecule has 1 atom stereocenters. The fourth-order valence-corrected chi connectivity index (χ4v) is 7.52. The first kappa shape index (κ1) is 33.7. The second-order valence-electron chi connectivity index (χ2n) is 13.4. The summed E-state index contributed by atoms with van der Waals surface area (Å²) in [7, 11) is 2.35. The number of carbonyl (C=O) groups excluding carboxylic acids is 2. The van der Waals surface area contributed by atoms with Crippen molar-refractivity contribution in [3.63, 3.8) is 0 Å². The smallest absolute Gasteiger partial charge is 0.274 e. The van der Waals surface area contributed by atoms with Crippen molar-refractivity contribution < 1.29 is 28.2 Å². The predicted molar refractivity (Wildman–Crippen MR) is 190 cm³/mol. The van der Waals surface area contributed by atoms with E-state index in [4.69, 9.17) is 18.6 Å². The van der Waals surface area contributed by atoms with Crippen molar-refractivity contribution in [1.29, 1.82) is 0 Å². The van der Waals surface area contributed by atoms with Crippen LogP contribution in [0.5, 0.6) is 23.0 Å². The Kier molecular flexibility index (Phi) is 9.17. The van der Waals surface area contributed by atoms with Crippen LogP contribution in [0.3, 0.4) is 0 Å². The van der Waals surface area contributed by atoms with Crippen molar-refractivity contribution in [3.05, 3.63) is 40.7 Å². The molecule has 2 aromatic carbocycles. The number of nitrogens with zero attached hydrogens (tertiary/aromatic N) is 1. The number of halogens is 1. The molecular weight excluding hydrogens is 668 g/mol. The number of nitrogens with one attached hydrogen (secondary N) is 3. The van der Waals surface area contributed by atoms with E-state index in [9.17, 15) is 9.59 Å². The lowest BCUT2D eigenvalue weighted by molar-refractivity contribution is 0.0952. The lowest BCUT2D eigenvalue weighted by Crippen LogP contribution is -2.44. The van der Waals surface area contributed by atoms with E-state index in [1.165, 1.54) is 0 Å². The molecule has 1 aliphatic heterocycles. The van der Waals surface area contributed by atoms with E-state index in [2.05, 4.69) is 65.1 Å². The van der Waals surface area contributed by atoms with Gasteiger partial charge in [-0.2, -0.15) is 0 Å². The zero-order valence-electron chi connectivity index (χ0n) is 28.4. The molecule has 0 saturated carbocycles. The van der Waals surface area contributed by atoms with E-state index < -0.39 is 8.32 Å². The van der Waals surface area contributed by atoms with E-state index in [-0.39, 0.29) is 22.8 Å². The highest BCUT2D eigenvalue weighted by molar-refractivity contribution is 9.09. The molecule has 0 bridgehead atoms. The standard InChI is InChI=1S/C34H45BrN4O6Si/c1-11-12-36-32(40)25-18(2)37-29-23(45-46(9,10)34(3,4)5)15-22-26(27(25)29)20(16-35)17-39(22)33(41)21-13-19-14-24(42-6)30(43-7)31(44-8)28(19)38-21/h13-15,20,37-38H,11-12,16-17H2,1-10H3,(H,36,40). The SMILES string of the molecule is CCCNC(=O)c1c(C)[nH]c2c(O[Si](C)(C)C(C)(C)C)cc3c(c12)C(CBr)CN3C(=O)c1cc2cc(OC)c(OC)c(OC)c2[nH]1. The van der Waals surface area contributed by atoms with Crippen LogP contribution in [0.15, 0.2) is 18.2 Å². The first-order chi connectivity index (χ1) is 21.7. The third-order valence-electron chi connectivity index (χ3n) is 9.36. The molecule has 3 heterocycles. The van der Waals surface area contributed by atoms with Gasteiger partial charge in [-0.05, 0) is 49.2 Å². The molecule has 46 heavy (non-hydrogen) atoms. The number of H-pyrrole nitrogens is 2. The molecule has 2 amide bonds. The maximum absolute atomic E-state index is 14.5. The molecule has 1 aliphatic rings. The fourth-order valence-electron chi connectivity index (χ4n) is 5.97. The van der Waals surface area contributed by atoms with Crippen molar-refractivity contribution in [2.45, 2.75) is 65.1 Å². The summed E-state index contributed by atoms with van der Waals surface area (Å²) in [5, 5.41) is 5.17. The number of anilines is 1. The predicted octanol–water partition coefficient (Wildman–Crippen LogP) is 7.65. The van der Waals surface area contributed by atoms with Gasteiger partial charge in [0.05, 0.1) is 43.6 Å². The number of benzene rings is 2. The van der Waals surface area contributed by atoms with Gasteiger partial charge in [-0.25, -0.2) is 0 Å². The van der Waals surface area contributed by atoms with Crippen LogP contribution in [-0.2, 0) is 0 Å². The Hall–Kier alpha value is -3.64. The van der Waals surface area contributed by atoms with Gasteiger partial charge in [-0.1, -0.05) is 43.6 Å². The maximum atomic E-state index is 14.5. The normalized spacial score (nSPS) is 14.9. The number of aryl methyl sites for hydroxylation is 1. The van der Waals surface area contributed by atoms with E-state index in [0.717, 1.165) is 39.7 Å². The minimum absolute atomic E-state index is 0.0598. The number of carbonyl (C=O) groups is 2. The van der Waals surface area contributed by atoms with Gasteiger partial charge in [0.1, 0.15) is 11.4 Å². The Labute approximate surface area is 279 Å². The molecule has 2 aromatic heterocycles. The maximum Gasteiger partial charge on any atom is 0.274 e. The number of aromatic amines is 2. The molecule has 0 saturated heterocycles. The van der Waals surface area contributed by atoms with Gasteiger partial charge < -0.3 is 38.8 Å². The number of alkyl halides is 1. The zero-order valence-corrected chi connectivity index (χ0v) is 31.0. The highest BCUT2D eigenvalue weighted by Gasteiger charge is 2.42. The van der Waals surface area contributed by atoms with Gasteiger partial charge in [0.25, 0.3) is 20.1 Å². The van der Waals surface area contributed by atoms with Crippen LogP contribution in [-0.4, -0.2) is 69.8 Å². The van der Waals surface area contributed by atoms with Crippen LogP contribution in [0.4, 0.5) is 5.69 Å². The number of ether oxygens (including phenoxy) is 3. The van der Waals surface area contributed by atoms with Crippen molar-refractivity contribution in [1.82, 2.24) is 15.3 Å². The number of hydrogen-bond acceptors (Lipinski definition) is 6. The molecule has 12 heteroatoms. The second kappa shape index (κ2) is 12.5. The summed E-state index contributed by atoms with van der Waals surface area (Å²) >= 11 is 3.72. The Balaban J connectivity index is 1.73. The average Bonchev–Trinajstić information content (AvgIpc) is 3.70. The number of rotatable bonds is 10. The highest BCUT2D eigenvalue weighted by atomic mass is 79.9. The first-order valence-electron chi connectivity index (χ1n) is 15.6. The summed E-state index contributed by atoms with van der Waals surface area (Å²) in [6.45, 7) is 15.9. The summed E-state index contributed by atoms with van der Waals surface area (Å²) in [6, 6.07) is 5.61. The third-order valence-corrected chi connectivity index (χ3v) is 14.5. The second-order valence-corrected chi connectivity index (χ2v) is 18.7. The summed E-state index contributed by atoms with van der Waals surface area (Å²) in [6.07, 6.45) is 0.824. The van der Waals surface area contributed by atoms with Crippen LogP contribution in [0.2, 0.25) is 18.1 Å². The number of aromatic nitrogens is 2. The molecule has 1 unspecified atom stereocenters. The minimum Gasteiger partial charge on any atom is -0.542 e. The minimum atomic E-state index is -2.32. The van der Waals surface area contributed by atoms with Gasteiger partial charge in [0.2, 0.25) is 5.75 Å². The van der Waals surface area contributed by atoms with Crippen LogP contribution in [0.25, 0.3) is 21.8 Å². The number of amides is 2. The zero-order chi connectivity index (χ0) is 33.7. The van der Waals surface area contributed by atoms with Crippen LogP contribution in [0, 0.1) is 6.92 Å². The van der Waals surface area contributed by atoms with E-state index >= 15 is 0 Å². The lowest BCUT2D eigenvalue weighted by Gasteiger charge is -2.36. The molecule has 0 radical (unpaired) electrons. The molecule has 5 rings (SSSR count). The molecule has 0 fully saturated rings. The Morgan fingerprint density at radius 2 is 1.72 bits per heavy atom. The summed E-state index contributed by atoms with van der Waals surface area (Å²) in [4.78, 5) is 36.7. The van der Waals surface area contributed by atoms with Crippen molar-refractivity contribution in [2.24, 2.45) is 0 Å². The fraction of sp³-hybridized carbons (Fsp3) is 0.471. The average molecular weight is 714 g/mol.